The fourth-order valence-corrected chi connectivity index (χ4v) is 3.80. The fourth-order valence-electron chi connectivity index (χ4n) is 3.80. The van der Waals surface area contributed by atoms with E-state index in [2.05, 4.69) is 25.1 Å². The fraction of sp³-hybridized carbons (Fsp3) is 0.381. The first kappa shape index (κ1) is 20.2. The summed E-state index contributed by atoms with van der Waals surface area (Å²) in [5.41, 5.74) is 7.22. The van der Waals surface area contributed by atoms with Gasteiger partial charge in [-0.15, -0.1) is 10.2 Å². The highest BCUT2D eigenvalue weighted by Gasteiger charge is 2.27. The molecule has 0 radical (unpaired) electrons. The molecular weight excluding hydrogens is 412 g/mol. The molecule has 2 amide bonds. The normalized spacial score (nSPS) is 16.9. The Morgan fingerprint density at radius 1 is 0.906 bits per heavy atom. The molecule has 0 spiro atoms. The van der Waals surface area contributed by atoms with Crippen molar-refractivity contribution < 1.29 is 13.9 Å². The maximum atomic E-state index is 12.7. The van der Waals surface area contributed by atoms with Gasteiger partial charge in [-0.3, -0.25) is 0 Å². The van der Waals surface area contributed by atoms with Gasteiger partial charge in [0.15, 0.2) is 11.5 Å². The van der Waals surface area contributed by atoms with Crippen LogP contribution in [0.4, 0.5) is 16.4 Å². The van der Waals surface area contributed by atoms with Gasteiger partial charge in [0.25, 0.3) is 5.89 Å². The Kier molecular flexibility index (Phi) is 5.55. The molecule has 2 saturated heterocycles. The first-order valence-corrected chi connectivity index (χ1v) is 10.6. The molecule has 32 heavy (non-hydrogen) atoms. The minimum atomic E-state index is 0.0660. The number of nitrogen functional groups attached to an aromatic ring is 1. The number of aromatic nitrogens is 4. The molecule has 11 heteroatoms. The van der Waals surface area contributed by atoms with Gasteiger partial charge >= 0.3 is 6.03 Å². The van der Waals surface area contributed by atoms with Crippen LogP contribution >= 0.6 is 0 Å². The quantitative estimate of drug-likeness (QED) is 0.647. The van der Waals surface area contributed by atoms with E-state index in [0.29, 0.717) is 69.9 Å². The average Bonchev–Trinajstić information content (AvgIpc) is 3.35. The Morgan fingerprint density at radius 3 is 2.34 bits per heavy atom. The van der Waals surface area contributed by atoms with Crippen molar-refractivity contribution >= 4 is 17.7 Å². The topological polar surface area (TPSA) is 127 Å². The molecule has 2 aromatic heterocycles. The maximum absolute atomic E-state index is 12.7. The van der Waals surface area contributed by atoms with Crippen LogP contribution in [0.5, 0.6) is 0 Å². The van der Waals surface area contributed by atoms with Crippen molar-refractivity contribution in [3.05, 3.63) is 36.5 Å². The molecule has 4 heterocycles. The molecule has 5 rings (SSSR count). The van der Waals surface area contributed by atoms with Crippen LogP contribution in [0.15, 0.2) is 40.9 Å². The highest BCUT2D eigenvalue weighted by molar-refractivity contribution is 5.75. The highest BCUT2D eigenvalue weighted by Crippen LogP contribution is 2.27. The lowest BCUT2D eigenvalue weighted by atomic mass is 10.2. The zero-order chi connectivity index (χ0) is 21.9. The Bertz CT molecular complexity index is 1080. The molecule has 2 aliphatic rings. The number of morpholine rings is 1. The van der Waals surface area contributed by atoms with Crippen molar-refractivity contribution in [2.24, 2.45) is 0 Å². The van der Waals surface area contributed by atoms with E-state index >= 15 is 0 Å². The molecule has 2 N–H and O–H groups in total. The molecule has 1 aromatic carbocycles. The number of benzene rings is 1. The lowest BCUT2D eigenvalue weighted by Gasteiger charge is -2.38. The second-order valence-corrected chi connectivity index (χ2v) is 7.60. The zero-order valence-corrected chi connectivity index (χ0v) is 17.6. The number of amides is 2. The van der Waals surface area contributed by atoms with Gasteiger partial charge in [0, 0.05) is 44.8 Å². The number of carbonyl (C=O) groups excluding carboxylic acids is 1. The van der Waals surface area contributed by atoms with Gasteiger partial charge < -0.3 is 29.6 Å². The lowest BCUT2D eigenvalue weighted by Crippen LogP contribution is -2.55. The molecular formula is C21H24N8O3. The largest absolute Gasteiger partial charge is 0.414 e. The summed E-state index contributed by atoms with van der Waals surface area (Å²) in [6, 6.07) is 9.56. The summed E-state index contributed by atoms with van der Waals surface area (Å²) >= 11 is 0. The third-order valence-corrected chi connectivity index (χ3v) is 5.59. The SMILES string of the molecule is Nc1ncc(N2CCN(C(=O)N3CCOCC3)CC2)nc1-c1nnc(-c2ccccc2)o1. The van der Waals surface area contributed by atoms with Gasteiger partial charge in [0.2, 0.25) is 5.89 Å². The zero-order valence-electron chi connectivity index (χ0n) is 17.6. The number of hydrogen-bond acceptors (Lipinski definition) is 9. The van der Waals surface area contributed by atoms with Gasteiger partial charge in [-0.2, -0.15) is 0 Å². The highest BCUT2D eigenvalue weighted by atomic mass is 16.5. The van der Waals surface area contributed by atoms with Crippen LogP contribution in [-0.4, -0.2) is 88.5 Å². The Balaban J connectivity index is 1.29. The summed E-state index contributed by atoms with van der Waals surface area (Å²) < 4.78 is 11.1. The minimum absolute atomic E-state index is 0.0660. The van der Waals surface area contributed by atoms with Crippen LogP contribution in [0.2, 0.25) is 0 Å². The second-order valence-electron chi connectivity index (χ2n) is 7.60. The predicted octanol–water partition coefficient (Wildman–Crippen LogP) is 1.35. The van der Waals surface area contributed by atoms with E-state index in [1.165, 1.54) is 0 Å². The molecule has 11 nitrogen and oxygen atoms in total. The second kappa shape index (κ2) is 8.79. The van der Waals surface area contributed by atoms with Crippen LogP contribution in [-0.2, 0) is 4.74 Å². The van der Waals surface area contributed by atoms with Crippen LogP contribution in [0.1, 0.15) is 0 Å². The summed E-state index contributed by atoms with van der Waals surface area (Å²) in [4.78, 5) is 27.4. The van der Waals surface area contributed by atoms with E-state index in [-0.39, 0.29) is 17.7 Å². The third-order valence-electron chi connectivity index (χ3n) is 5.59. The van der Waals surface area contributed by atoms with Gasteiger partial charge in [0.05, 0.1) is 19.4 Å². The number of rotatable bonds is 3. The molecule has 2 fully saturated rings. The Hall–Kier alpha value is -3.73. The van der Waals surface area contributed by atoms with Crippen LogP contribution in [0.25, 0.3) is 23.0 Å². The Morgan fingerprint density at radius 2 is 1.59 bits per heavy atom. The number of anilines is 2. The molecule has 0 atom stereocenters. The monoisotopic (exact) mass is 436 g/mol. The third kappa shape index (κ3) is 4.06. The molecule has 0 bridgehead atoms. The van der Waals surface area contributed by atoms with E-state index in [1.54, 1.807) is 6.20 Å². The summed E-state index contributed by atoms with van der Waals surface area (Å²) in [6.07, 6.45) is 1.63. The van der Waals surface area contributed by atoms with Gasteiger partial charge in [-0.1, -0.05) is 18.2 Å². The first-order chi connectivity index (χ1) is 15.7. The van der Waals surface area contributed by atoms with E-state index in [4.69, 9.17) is 14.9 Å². The number of hydrogen-bond donors (Lipinski definition) is 1. The molecule has 3 aromatic rings. The molecule has 166 valence electrons. The Labute approximate surface area is 184 Å². The maximum Gasteiger partial charge on any atom is 0.320 e. The molecule has 0 aliphatic carbocycles. The van der Waals surface area contributed by atoms with Gasteiger partial charge in [-0.05, 0) is 12.1 Å². The average molecular weight is 436 g/mol. The summed E-state index contributed by atoms with van der Waals surface area (Å²) in [5, 5.41) is 8.22. The van der Waals surface area contributed by atoms with E-state index in [1.807, 2.05) is 40.1 Å². The number of ether oxygens (including phenoxy) is 1. The number of piperazine rings is 1. The van der Waals surface area contributed by atoms with Crippen LogP contribution in [0, 0.1) is 0 Å². The number of urea groups is 1. The van der Waals surface area contributed by atoms with Gasteiger partial charge in [-0.25, -0.2) is 14.8 Å². The van der Waals surface area contributed by atoms with Crippen molar-refractivity contribution in [3.8, 4) is 23.0 Å². The van der Waals surface area contributed by atoms with Crippen molar-refractivity contribution in [1.29, 1.82) is 0 Å². The molecule has 2 aliphatic heterocycles. The van der Waals surface area contributed by atoms with E-state index < -0.39 is 0 Å². The first-order valence-electron chi connectivity index (χ1n) is 10.6. The lowest BCUT2D eigenvalue weighted by molar-refractivity contribution is 0.0428. The summed E-state index contributed by atoms with van der Waals surface area (Å²) in [6.45, 7) is 4.98. The molecule has 0 unspecified atom stereocenters. The minimum Gasteiger partial charge on any atom is -0.414 e. The van der Waals surface area contributed by atoms with Crippen molar-refractivity contribution in [1.82, 2.24) is 30.0 Å². The smallest absolute Gasteiger partial charge is 0.320 e. The number of nitrogens with two attached hydrogens (primary N) is 1. The van der Waals surface area contributed by atoms with E-state index in [9.17, 15) is 4.79 Å². The number of carbonyl (C=O) groups is 1. The van der Waals surface area contributed by atoms with Crippen molar-refractivity contribution in [2.45, 2.75) is 0 Å². The standard InChI is InChI=1S/C21H24N8O3/c22-18-17(20-26-25-19(32-20)15-4-2-1-3-5-15)24-16(14-23-18)27-6-8-28(9-7-27)21(30)29-10-12-31-13-11-29/h1-5,14H,6-13H2,(H2,22,23). The molecule has 0 saturated carbocycles. The van der Waals surface area contributed by atoms with Crippen molar-refractivity contribution in [2.75, 3.05) is 63.1 Å². The summed E-state index contributed by atoms with van der Waals surface area (Å²) in [7, 11) is 0. The summed E-state index contributed by atoms with van der Waals surface area (Å²) in [5.74, 6) is 1.49. The predicted molar refractivity (Wildman–Crippen MR) is 117 cm³/mol. The van der Waals surface area contributed by atoms with Gasteiger partial charge in [0.1, 0.15) is 5.82 Å². The van der Waals surface area contributed by atoms with Crippen LogP contribution < -0.4 is 10.6 Å². The van der Waals surface area contributed by atoms with E-state index in [0.717, 1.165) is 5.56 Å². The van der Waals surface area contributed by atoms with Crippen molar-refractivity contribution in [3.63, 3.8) is 0 Å². The number of nitrogens with zero attached hydrogens (tertiary/aromatic N) is 7. The van der Waals surface area contributed by atoms with Crippen LogP contribution in [0.3, 0.4) is 0 Å².